The van der Waals surface area contributed by atoms with Crippen LogP contribution in [0.1, 0.15) is 35.6 Å². The van der Waals surface area contributed by atoms with E-state index in [4.69, 9.17) is 4.74 Å². The number of rotatable bonds is 11. The largest absolute Gasteiger partial charge is 0.394 e. The molecule has 6 atom stereocenters. The number of carbonyl (C=O) groups is 3. The summed E-state index contributed by atoms with van der Waals surface area (Å²) in [6.07, 6.45) is 3.79. The van der Waals surface area contributed by atoms with Crippen molar-refractivity contribution in [2.75, 3.05) is 29.5 Å². The minimum absolute atomic E-state index is 0.213. The molecule has 3 aromatic rings. The molecular weight excluding hydrogens is 578 g/mol. The average molecular weight is 620 g/mol. The van der Waals surface area contributed by atoms with Crippen LogP contribution in [-0.2, 0) is 19.1 Å². The van der Waals surface area contributed by atoms with Crippen molar-refractivity contribution in [3.8, 4) is 0 Å². The molecule has 3 aliphatic heterocycles. The molecule has 6 rings (SSSR count). The fraction of sp³-hybridized carbons (Fsp3) is 0.342. The van der Waals surface area contributed by atoms with Gasteiger partial charge < -0.3 is 24.5 Å². The Hall–Kier alpha value is -4.53. The summed E-state index contributed by atoms with van der Waals surface area (Å²) in [7, 11) is 0. The number of para-hydroxylation sites is 1. The molecule has 0 aliphatic carbocycles. The summed E-state index contributed by atoms with van der Waals surface area (Å²) in [5, 5.41) is 10.8. The molecule has 238 valence electrons. The molecule has 8 nitrogen and oxygen atoms in total. The van der Waals surface area contributed by atoms with Crippen molar-refractivity contribution in [2.24, 2.45) is 11.8 Å². The molecule has 0 radical (unpaired) electrons. The SMILES string of the molecule is C=CCN(C(=O)[C@@H]1[C@H]2C(=O)N([C@H](CO)c3ccccc3)C(C(=O)N(CC=C)c3cc(C)ccc3C)C23CC[C@H]1O3)c1ccccc1. The maximum atomic E-state index is 15.1. The van der Waals surface area contributed by atoms with Gasteiger partial charge in [-0.15, -0.1) is 13.2 Å². The van der Waals surface area contributed by atoms with Gasteiger partial charge in [-0.05, 0) is 61.6 Å². The van der Waals surface area contributed by atoms with Gasteiger partial charge in [-0.2, -0.15) is 0 Å². The lowest BCUT2D eigenvalue weighted by molar-refractivity contribution is -0.144. The number of likely N-dealkylation sites (tertiary alicyclic amines) is 1. The van der Waals surface area contributed by atoms with Gasteiger partial charge in [0.1, 0.15) is 11.6 Å². The first-order chi connectivity index (χ1) is 22.3. The van der Waals surface area contributed by atoms with Crippen molar-refractivity contribution in [1.29, 1.82) is 0 Å². The molecule has 0 saturated carbocycles. The van der Waals surface area contributed by atoms with E-state index in [0.717, 1.165) is 16.8 Å². The van der Waals surface area contributed by atoms with Crippen LogP contribution in [0.4, 0.5) is 11.4 Å². The standard InChI is InChI=1S/C38H41N3O5/c1-5-21-39(28-15-11-8-12-16-28)35(43)32-31-19-20-38(46-31)33(32)36(44)41(30(24-42)27-13-9-7-10-14-27)34(38)37(45)40(22-6-2)29-23-25(3)17-18-26(29)4/h5-18,23,30-34,42H,1-2,19-22,24H2,3-4H3/t30-,31-,32+,33+,34?,38?/m1/s1. The minimum Gasteiger partial charge on any atom is -0.394 e. The Labute approximate surface area is 270 Å². The first-order valence-electron chi connectivity index (χ1n) is 15.9. The zero-order valence-electron chi connectivity index (χ0n) is 26.4. The highest BCUT2D eigenvalue weighted by molar-refractivity contribution is 6.07. The number of fused-ring (bicyclic) bond motifs is 1. The minimum atomic E-state index is -1.24. The molecule has 8 heteroatoms. The molecule has 3 amide bonds. The van der Waals surface area contributed by atoms with E-state index in [1.165, 1.54) is 4.90 Å². The van der Waals surface area contributed by atoms with Crippen LogP contribution in [0.25, 0.3) is 0 Å². The summed E-state index contributed by atoms with van der Waals surface area (Å²) in [4.78, 5) is 49.3. The van der Waals surface area contributed by atoms with E-state index in [2.05, 4.69) is 13.2 Å². The van der Waals surface area contributed by atoms with E-state index in [-0.39, 0.29) is 30.8 Å². The Morgan fingerprint density at radius 3 is 2.28 bits per heavy atom. The molecule has 3 fully saturated rings. The molecule has 0 aromatic heterocycles. The van der Waals surface area contributed by atoms with Crippen molar-refractivity contribution >= 4 is 29.1 Å². The highest BCUT2D eigenvalue weighted by Gasteiger charge is 2.75. The molecular formula is C38H41N3O5. The number of aliphatic hydroxyl groups excluding tert-OH is 1. The molecule has 1 spiro atoms. The van der Waals surface area contributed by atoms with Crippen molar-refractivity contribution in [3.05, 3.63) is 121 Å². The van der Waals surface area contributed by atoms with E-state index in [0.29, 0.717) is 24.1 Å². The second-order valence-electron chi connectivity index (χ2n) is 12.5. The third-order valence-electron chi connectivity index (χ3n) is 9.83. The maximum absolute atomic E-state index is 15.1. The monoisotopic (exact) mass is 619 g/mol. The third-order valence-corrected chi connectivity index (χ3v) is 9.83. The number of anilines is 2. The lowest BCUT2D eigenvalue weighted by atomic mass is 9.70. The van der Waals surface area contributed by atoms with Gasteiger partial charge >= 0.3 is 0 Å². The van der Waals surface area contributed by atoms with E-state index in [9.17, 15) is 14.7 Å². The second kappa shape index (κ2) is 12.7. The van der Waals surface area contributed by atoms with Gasteiger partial charge in [0.25, 0.3) is 5.91 Å². The lowest BCUT2D eigenvalue weighted by Gasteiger charge is -2.39. The molecule has 3 saturated heterocycles. The van der Waals surface area contributed by atoms with Crippen molar-refractivity contribution in [1.82, 2.24) is 4.90 Å². The predicted octanol–water partition coefficient (Wildman–Crippen LogP) is 5.15. The zero-order chi connectivity index (χ0) is 32.6. The molecule has 3 aromatic carbocycles. The van der Waals surface area contributed by atoms with Crippen LogP contribution in [0.2, 0.25) is 0 Å². The Kier molecular flexibility index (Phi) is 8.68. The topological polar surface area (TPSA) is 90.4 Å². The molecule has 46 heavy (non-hydrogen) atoms. The summed E-state index contributed by atoms with van der Waals surface area (Å²) >= 11 is 0. The fourth-order valence-electron chi connectivity index (χ4n) is 7.85. The van der Waals surface area contributed by atoms with Gasteiger partial charge in [-0.25, -0.2) is 0 Å². The summed E-state index contributed by atoms with van der Waals surface area (Å²) in [5.41, 5.74) is 2.77. The Balaban J connectivity index is 1.49. The number of aliphatic hydroxyl groups is 1. The van der Waals surface area contributed by atoms with Crippen LogP contribution in [0.15, 0.2) is 104 Å². The number of hydrogen-bond donors (Lipinski definition) is 1. The highest BCUT2D eigenvalue weighted by atomic mass is 16.5. The Bertz CT molecular complexity index is 1640. The van der Waals surface area contributed by atoms with E-state index in [1.807, 2.05) is 92.7 Å². The van der Waals surface area contributed by atoms with Gasteiger partial charge in [-0.3, -0.25) is 14.4 Å². The fourth-order valence-corrected chi connectivity index (χ4v) is 7.85. The van der Waals surface area contributed by atoms with Crippen LogP contribution in [0, 0.1) is 25.7 Å². The van der Waals surface area contributed by atoms with Crippen LogP contribution in [-0.4, -0.2) is 65.2 Å². The molecule has 1 N–H and O–H groups in total. The maximum Gasteiger partial charge on any atom is 0.253 e. The highest BCUT2D eigenvalue weighted by Crippen LogP contribution is 2.60. The van der Waals surface area contributed by atoms with Crippen molar-refractivity contribution < 1.29 is 24.2 Å². The van der Waals surface area contributed by atoms with Crippen LogP contribution >= 0.6 is 0 Å². The van der Waals surface area contributed by atoms with Gasteiger partial charge in [0, 0.05) is 24.5 Å². The number of nitrogens with zero attached hydrogens (tertiary/aromatic N) is 3. The van der Waals surface area contributed by atoms with E-state index in [1.54, 1.807) is 22.0 Å². The second-order valence-corrected chi connectivity index (χ2v) is 12.5. The first-order valence-corrected chi connectivity index (χ1v) is 15.9. The number of benzene rings is 3. The number of hydrogen-bond acceptors (Lipinski definition) is 5. The summed E-state index contributed by atoms with van der Waals surface area (Å²) in [6, 6.07) is 22.6. The van der Waals surface area contributed by atoms with Gasteiger partial charge in [-0.1, -0.05) is 72.8 Å². The number of carbonyl (C=O) groups excluding carboxylic acids is 3. The van der Waals surface area contributed by atoms with E-state index >= 15 is 4.79 Å². The van der Waals surface area contributed by atoms with Crippen LogP contribution in [0.5, 0.6) is 0 Å². The third kappa shape index (κ3) is 5.06. The number of amides is 3. The zero-order valence-corrected chi connectivity index (χ0v) is 26.4. The van der Waals surface area contributed by atoms with Crippen molar-refractivity contribution in [3.63, 3.8) is 0 Å². The van der Waals surface area contributed by atoms with Crippen LogP contribution < -0.4 is 9.80 Å². The smallest absolute Gasteiger partial charge is 0.253 e. The number of aryl methyl sites for hydroxylation is 2. The number of ether oxygens (including phenoxy) is 1. The summed E-state index contributed by atoms with van der Waals surface area (Å²) in [6.45, 7) is 11.8. The molecule has 2 bridgehead atoms. The van der Waals surface area contributed by atoms with Gasteiger partial charge in [0.15, 0.2) is 0 Å². The Morgan fingerprint density at radius 2 is 1.63 bits per heavy atom. The van der Waals surface area contributed by atoms with Crippen molar-refractivity contribution in [2.45, 2.75) is 50.5 Å². The van der Waals surface area contributed by atoms with Crippen LogP contribution in [0.3, 0.4) is 0 Å². The van der Waals surface area contributed by atoms with Gasteiger partial charge in [0.2, 0.25) is 11.8 Å². The summed E-state index contributed by atoms with van der Waals surface area (Å²) in [5.74, 6) is -2.61. The summed E-state index contributed by atoms with van der Waals surface area (Å²) < 4.78 is 6.77. The van der Waals surface area contributed by atoms with E-state index < -0.39 is 42.2 Å². The molecule has 3 heterocycles. The molecule has 3 aliphatic rings. The Morgan fingerprint density at radius 1 is 0.978 bits per heavy atom. The predicted molar refractivity (Wildman–Crippen MR) is 178 cm³/mol. The first kappa shape index (κ1) is 31.5. The van der Waals surface area contributed by atoms with Gasteiger partial charge in [0.05, 0.1) is 30.6 Å². The normalized spacial score (nSPS) is 25.2. The molecule has 2 unspecified atom stereocenters. The lowest BCUT2D eigenvalue weighted by Crippen LogP contribution is -2.57. The quantitative estimate of drug-likeness (QED) is 0.300. The average Bonchev–Trinajstić information content (AvgIpc) is 3.72.